The average Bonchev–Trinajstić information content (AvgIpc) is 2.73. The van der Waals surface area contributed by atoms with Crippen LogP contribution >= 0.6 is 0 Å². The molecule has 0 amide bonds. The van der Waals surface area contributed by atoms with Crippen molar-refractivity contribution in [3.8, 4) is 0 Å². The van der Waals surface area contributed by atoms with Crippen molar-refractivity contribution in [2.75, 3.05) is 0 Å². The summed E-state index contributed by atoms with van der Waals surface area (Å²) in [6.45, 7) is 14.7. The summed E-state index contributed by atoms with van der Waals surface area (Å²) >= 11 is -0.0572. The minimum Gasteiger partial charge on any atom is -1.00 e. The van der Waals surface area contributed by atoms with Crippen LogP contribution in [-0.2, 0) is 19.2 Å². The van der Waals surface area contributed by atoms with Crippen molar-refractivity contribution >= 4 is 8.07 Å². The van der Waals surface area contributed by atoms with Crippen molar-refractivity contribution in [1.29, 1.82) is 0 Å². The van der Waals surface area contributed by atoms with Crippen molar-refractivity contribution < 1.29 is 44.0 Å². The molecule has 4 bridgehead atoms. The zero-order chi connectivity index (χ0) is 13.2. The minimum absolute atomic E-state index is 0. The first-order valence-electron chi connectivity index (χ1n) is 6.98. The molecule has 0 aromatic heterocycles. The molecule has 2 unspecified atom stereocenters. The number of halogens is 2. The Morgan fingerprint density at radius 2 is 1.20 bits per heavy atom. The maximum absolute atomic E-state index is 2.60. The summed E-state index contributed by atoms with van der Waals surface area (Å²) in [5.41, 5.74) is 3.37. The number of allylic oxidation sites excluding steroid dienone is 8. The Hall–Kier alpha value is 0.471. The van der Waals surface area contributed by atoms with E-state index in [4.69, 9.17) is 0 Å². The summed E-state index contributed by atoms with van der Waals surface area (Å²) in [5, 5.41) is 3.49. The van der Waals surface area contributed by atoms with E-state index in [-0.39, 0.29) is 44.0 Å². The van der Waals surface area contributed by atoms with Crippen molar-refractivity contribution in [3.05, 3.63) is 41.4 Å². The van der Waals surface area contributed by atoms with E-state index in [0.29, 0.717) is 0 Å². The SMILES string of the molecule is CC1=[C]2[Ti+2][C]3=C(C)C(=CC3C)[Si](C)(C)C1=CC2C.[Cl-].[Cl-]. The van der Waals surface area contributed by atoms with Crippen molar-refractivity contribution in [2.24, 2.45) is 11.8 Å². The van der Waals surface area contributed by atoms with Crippen LogP contribution < -0.4 is 24.8 Å². The van der Waals surface area contributed by atoms with Crippen LogP contribution in [0.2, 0.25) is 13.1 Å². The molecule has 2 atom stereocenters. The van der Waals surface area contributed by atoms with Gasteiger partial charge in [-0.3, -0.25) is 0 Å². The molecule has 0 saturated carbocycles. The number of fused-ring (bicyclic) bond motifs is 2. The van der Waals surface area contributed by atoms with E-state index in [1.807, 2.05) is 7.76 Å². The molecule has 1 heterocycles. The normalized spacial score (nSPS) is 29.3. The summed E-state index contributed by atoms with van der Waals surface area (Å²) < 4.78 is 3.64. The molecule has 0 radical (unpaired) electrons. The summed E-state index contributed by atoms with van der Waals surface area (Å²) in [6.07, 6.45) is 5.20. The van der Waals surface area contributed by atoms with Crippen molar-refractivity contribution in [1.82, 2.24) is 0 Å². The largest absolute Gasteiger partial charge is 1.00 e. The first-order chi connectivity index (χ1) is 8.34. The number of rotatable bonds is 0. The second-order valence-electron chi connectivity index (χ2n) is 6.57. The Labute approximate surface area is 145 Å². The van der Waals surface area contributed by atoms with Crippen LogP contribution in [0.5, 0.6) is 0 Å². The van der Waals surface area contributed by atoms with E-state index in [2.05, 4.69) is 52.9 Å². The molecule has 20 heavy (non-hydrogen) atoms. The number of hydrogen-bond donors (Lipinski definition) is 0. The van der Waals surface area contributed by atoms with Gasteiger partial charge in [-0.25, -0.2) is 0 Å². The fourth-order valence-electron chi connectivity index (χ4n) is 3.95. The Balaban J connectivity index is 0.000001000. The van der Waals surface area contributed by atoms with Crippen LogP contribution in [-0.4, -0.2) is 8.07 Å². The van der Waals surface area contributed by atoms with Crippen molar-refractivity contribution in [3.63, 3.8) is 0 Å². The van der Waals surface area contributed by atoms with Gasteiger partial charge in [0, 0.05) is 0 Å². The molecule has 0 N–H and O–H groups in total. The summed E-state index contributed by atoms with van der Waals surface area (Å²) in [4.78, 5) is 0. The first kappa shape index (κ1) is 18.5. The molecule has 0 aromatic rings. The average molecular weight is 361 g/mol. The van der Waals surface area contributed by atoms with Gasteiger partial charge in [0.15, 0.2) is 0 Å². The van der Waals surface area contributed by atoms with Gasteiger partial charge in [-0.15, -0.1) is 0 Å². The maximum atomic E-state index is 2.60. The molecule has 0 nitrogen and oxygen atoms in total. The first-order valence-corrected chi connectivity index (χ1v) is 11.5. The smallest absolute Gasteiger partial charge is 1.00 e. The second kappa shape index (κ2) is 5.93. The maximum Gasteiger partial charge on any atom is -1.00 e. The molecule has 1 aliphatic heterocycles. The monoisotopic (exact) mass is 360 g/mol. The molecule has 3 rings (SSSR count). The Bertz CT molecular complexity index is 519. The van der Waals surface area contributed by atoms with Gasteiger partial charge in [0.1, 0.15) is 0 Å². The van der Waals surface area contributed by atoms with Crippen LogP contribution in [0.25, 0.3) is 0 Å². The van der Waals surface area contributed by atoms with E-state index in [1.54, 1.807) is 21.5 Å². The predicted molar refractivity (Wildman–Crippen MR) is 77.4 cm³/mol. The molecular weight excluding hydrogens is 339 g/mol. The fourth-order valence-corrected chi connectivity index (χ4v) is 10.5. The van der Waals surface area contributed by atoms with E-state index in [0.717, 1.165) is 11.8 Å². The second-order valence-corrected chi connectivity index (χ2v) is 13.0. The van der Waals surface area contributed by atoms with E-state index in [1.165, 1.54) is 0 Å². The third kappa shape index (κ3) is 2.40. The van der Waals surface area contributed by atoms with Crippen LogP contribution in [0.4, 0.5) is 0 Å². The van der Waals surface area contributed by atoms with Crippen LogP contribution in [0, 0.1) is 11.8 Å². The minimum atomic E-state index is -1.43. The molecule has 2 aliphatic carbocycles. The Kier molecular flexibility index (Phi) is 5.49. The van der Waals surface area contributed by atoms with E-state index in [9.17, 15) is 0 Å². The third-order valence-electron chi connectivity index (χ3n) is 4.98. The molecule has 4 heteroatoms. The molecule has 0 fully saturated rings. The zero-order valence-electron chi connectivity index (χ0n) is 13.1. The Morgan fingerprint density at radius 3 is 1.55 bits per heavy atom. The fraction of sp³-hybridized carbons (Fsp3) is 0.500. The van der Waals surface area contributed by atoms with E-state index < -0.39 is 8.07 Å². The van der Waals surface area contributed by atoms with Crippen molar-refractivity contribution in [2.45, 2.75) is 40.8 Å². The summed E-state index contributed by atoms with van der Waals surface area (Å²) in [6, 6.07) is 0. The van der Waals surface area contributed by atoms with Gasteiger partial charge in [0.2, 0.25) is 0 Å². The zero-order valence-corrected chi connectivity index (χ0v) is 17.1. The van der Waals surface area contributed by atoms with Gasteiger partial charge in [0.05, 0.1) is 0 Å². The molecular formula is C16H22Cl2SiTi. The summed E-state index contributed by atoms with van der Waals surface area (Å²) in [7, 11) is -1.43. The topological polar surface area (TPSA) is 0 Å². The molecule has 108 valence electrons. The Morgan fingerprint density at radius 1 is 0.850 bits per heavy atom. The van der Waals surface area contributed by atoms with Crippen LogP contribution in [0.15, 0.2) is 41.4 Å². The van der Waals surface area contributed by atoms with Gasteiger partial charge in [0.25, 0.3) is 0 Å². The quantitative estimate of drug-likeness (QED) is 0.465. The van der Waals surface area contributed by atoms with Crippen LogP contribution in [0.1, 0.15) is 27.7 Å². The van der Waals surface area contributed by atoms with E-state index >= 15 is 0 Å². The standard InChI is InChI=1S/C16H22Si.2ClH.Ti/c1-11-7-13(3)15(9-11)17(5,6)16-10-12(2)8-14(16)4;;;/h9-12H,1-6H3;2*1H;/q;;;+2/p-2. The molecule has 0 spiro atoms. The number of hydrogen-bond acceptors (Lipinski definition) is 0. The van der Waals surface area contributed by atoms with Gasteiger partial charge in [-0.1, -0.05) is 0 Å². The molecule has 0 saturated heterocycles. The van der Waals surface area contributed by atoms with Gasteiger partial charge in [-0.2, -0.15) is 0 Å². The van der Waals surface area contributed by atoms with Gasteiger partial charge >= 0.3 is 121 Å². The molecule has 3 aliphatic rings. The predicted octanol–water partition coefficient (Wildman–Crippen LogP) is -1.42. The van der Waals surface area contributed by atoms with Gasteiger partial charge in [-0.05, 0) is 0 Å². The summed E-state index contributed by atoms with van der Waals surface area (Å²) in [5.74, 6) is 1.44. The molecule has 0 aromatic carbocycles. The van der Waals surface area contributed by atoms with Gasteiger partial charge < -0.3 is 24.8 Å². The van der Waals surface area contributed by atoms with Crippen LogP contribution in [0.3, 0.4) is 0 Å². The third-order valence-corrected chi connectivity index (χ3v) is 12.2.